The normalized spacial score (nSPS) is 14.3. The average molecular weight is 390 g/mol. The van der Waals surface area contributed by atoms with Gasteiger partial charge in [-0.2, -0.15) is 13.2 Å². The van der Waals surface area contributed by atoms with Crippen LogP contribution < -0.4 is 10.6 Å². The Morgan fingerprint density at radius 2 is 2.00 bits per heavy atom. The second-order valence-electron chi connectivity index (χ2n) is 6.60. The van der Waals surface area contributed by atoms with E-state index in [9.17, 15) is 18.0 Å². The molecule has 0 saturated carbocycles. The molecule has 0 spiro atoms. The molecule has 1 aliphatic rings. The van der Waals surface area contributed by atoms with Crippen LogP contribution in [0.15, 0.2) is 48.3 Å². The number of hydrogen-bond donors (Lipinski definition) is 2. The van der Waals surface area contributed by atoms with Crippen molar-refractivity contribution in [2.75, 3.05) is 17.2 Å². The van der Waals surface area contributed by atoms with E-state index in [1.165, 1.54) is 42.9 Å². The van der Waals surface area contributed by atoms with Crippen molar-refractivity contribution in [3.8, 4) is 0 Å². The summed E-state index contributed by atoms with van der Waals surface area (Å²) in [5.41, 5.74) is 0.690. The van der Waals surface area contributed by atoms with Crippen LogP contribution in [0.4, 0.5) is 24.7 Å². The fraction of sp³-hybridized carbons (Fsp3) is 0.350. The van der Waals surface area contributed by atoms with E-state index < -0.39 is 17.6 Å². The second-order valence-corrected chi connectivity index (χ2v) is 6.60. The molecule has 148 valence electrons. The molecule has 0 saturated heterocycles. The van der Waals surface area contributed by atoms with Crippen LogP contribution in [0.25, 0.3) is 0 Å². The lowest BCUT2D eigenvalue weighted by Gasteiger charge is -2.13. The van der Waals surface area contributed by atoms with Gasteiger partial charge in [0.05, 0.1) is 18.0 Å². The summed E-state index contributed by atoms with van der Waals surface area (Å²) in [4.78, 5) is 20.4. The van der Waals surface area contributed by atoms with Crippen LogP contribution in [0.3, 0.4) is 0 Å². The average Bonchev–Trinajstić information content (AvgIpc) is 2.69. The molecule has 0 atom stereocenters. The highest BCUT2D eigenvalue weighted by Crippen LogP contribution is 2.30. The Labute approximate surface area is 161 Å². The Morgan fingerprint density at radius 1 is 1.14 bits per heavy atom. The number of rotatable bonds is 6. The van der Waals surface area contributed by atoms with E-state index in [0.717, 1.165) is 37.9 Å². The Hall–Kier alpha value is -2.90. The standard InChI is InChI=1S/C20H21F3N4O/c21-20(22,23)15-7-4-8-16(11-15)27-19(28)17-12-26-18(13-25-17)24-10-9-14-5-2-1-3-6-14/h4-5,7-8,11-13H,1-3,6,9-10H2,(H,24,26)(H,27,28). The molecule has 0 unspecified atom stereocenters. The number of halogens is 3. The Kier molecular flexibility index (Phi) is 6.28. The lowest BCUT2D eigenvalue weighted by atomic mass is 9.97. The van der Waals surface area contributed by atoms with Gasteiger partial charge in [0.2, 0.25) is 0 Å². The molecule has 3 rings (SSSR count). The third-order valence-electron chi connectivity index (χ3n) is 4.47. The highest BCUT2D eigenvalue weighted by molar-refractivity contribution is 6.02. The van der Waals surface area contributed by atoms with Crippen LogP contribution in [-0.2, 0) is 6.18 Å². The maximum absolute atomic E-state index is 12.7. The number of aromatic nitrogens is 2. The maximum atomic E-state index is 12.7. The van der Waals surface area contributed by atoms with Gasteiger partial charge in [-0.15, -0.1) is 0 Å². The maximum Gasteiger partial charge on any atom is 0.416 e. The molecule has 1 aliphatic carbocycles. The summed E-state index contributed by atoms with van der Waals surface area (Å²) in [5.74, 6) is -0.0715. The molecule has 28 heavy (non-hydrogen) atoms. The van der Waals surface area contributed by atoms with Gasteiger partial charge >= 0.3 is 6.18 Å². The number of hydrogen-bond acceptors (Lipinski definition) is 4. The third-order valence-corrected chi connectivity index (χ3v) is 4.47. The smallest absolute Gasteiger partial charge is 0.368 e. The number of carbonyl (C=O) groups excluding carboxylic acids is 1. The molecule has 0 fully saturated rings. The van der Waals surface area contributed by atoms with Crippen LogP contribution in [0.1, 0.15) is 48.2 Å². The second kappa shape index (κ2) is 8.86. The van der Waals surface area contributed by atoms with Crippen molar-refractivity contribution in [2.24, 2.45) is 0 Å². The van der Waals surface area contributed by atoms with E-state index in [2.05, 4.69) is 26.7 Å². The zero-order chi connectivity index (χ0) is 20.0. The first kappa shape index (κ1) is 19.9. The summed E-state index contributed by atoms with van der Waals surface area (Å²) in [5, 5.41) is 5.57. The summed E-state index contributed by atoms with van der Waals surface area (Å²) >= 11 is 0. The summed E-state index contributed by atoms with van der Waals surface area (Å²) in [6.45, 7) is 0.732. The van der Waals surface area contributed by atoms with E-state index in [4.69, 9.17) is 0 Å². The van der Waals surface area contributed by atoms with Gasteiger partial charge in [0.15, 0.2) is 0 Å². The van der Waals surface area contributed by atoms with Gasteiger partial charge in [-0.25, -0.2) is 9.97 Å². The molecular formula is C20H21F3N4O. The van der Waals surface area contributed by atoms with Crippen LogP contribution >= 0.6 is 0 Å². The molecule has 0 radical (unpaired) electrons. The molecule has 1 aromatic heterocycles. The quantitative estimate of drug-likeness (QED) is 0.678. The molecule has 2 aromatic rings. The number of allylic oxidation sites excluding steroid dienone is 1. The largest absolute Gasteiger partial charge is 0.416 e. The van der Waals surface area contributed by atoms with Gasteiger partial charge in [0, 0.05) is 12.2 Å². The van der Waals surface area contributed by atoms with Gasteiger partial charge in [-0.3, -0.25) is 4.79 Å². The Balaban J connectivity index is 1.54. The zero-order valence-corrected chi connectivity index (χ0v) is 15.2. The zero-order valence-electron chi connectivity index (χ0n) is 15.2. The highest BCUT2D eigenvalue weighted by atomic mass is 19.4. The Morgan fingerprint density at radius 3 is 2.68 bits per heavy atom. The number of nitrogens with zero attached hydrogens (tertiary/aromatic N) is 2. The summed E-state index contributed by atoms with van der Waals surface area (Å²) in [7, 11) is 0. The number of nitrogens with one attached hydrogen (secondary N) is 2. The van der Waals surface area contributed by atoms with Crippen molar-refractivity contribution in [3.63, 3.8) is 0 Å². The van der Waals surface area contributed by atoms with Crippen molar-refractivity contribution in [1.29, 1.82) is 0 Å². The molecule has 5 nitrogen and oxygen atoms in total. The number of benzene rings is 1. The van der Waals surface area contributed by atoms with Crippen molar-refractivity contribution in [2.45, 2.75) is 38.3 Å². The van der Waals surface area contributed by atoms with Gasteiger partial charge in [-0.05, 0) is 50.3 Å². The predicted molar refractivity (Wildman–Crippen MR) is 101 cm³/mol. The van der Waals surface area contributed by atoms with Crippen LogP contribution in [-0.4, -0.2) is 22.4 Å². The number of amides is 1. The van der Waals surface area contributed by atoms with Gasteiger partial charge in [0.1, 0.15) is 11.5 Å². The number of anilines is 2. The molecule has 0 bridgehead atoms. The fourth-order valence-corrected chi connectivity index (χ4v) is 2.99. The first-order valence-electron chi connectivity index (χ1n) is 9.14. The van der Waals surface area contributed by atoms with Crippen molar-refractivity contribution in [1.82, 2.24) is 9.97 Å². The lowest BCUT2D eigenvalue weighted by molar-refractivity contribution is -0.137. The molecule has 1 amide bonds. The summed E-state index contributed by atoms with van der Waals surface area (Å²) < 4.78 is 38.2. The van der Waals surface area contributed by atoms with E-state index in [0.29, 0.717) is 5.82 Å². The highest BCUT2D eigenvalue weighted by Gasteiger charge is 2.30. The SMILES string of the molecule is O=C(Nc1cccc(C(F)(F)F)c1)c1cnc(NCCC2=CCCCC2)cn1. The summed E-state index contributed by atoms with van der Waals surface area (Å²) in [6.07, 6.45) is 6.28. The minimum Gasteiger partial charge on any atom is -0.368 e. The lowest BCUT2D eigenvalue weighted by Crippen LogP contribution is -2.15. The first-order valence-corrected chi connectivity index (χ1v) is 9.14. The first-order chi connectivity index (χ1) is 13.4. The number of alkyl halides is 3. The molecular weight excluding hydrogens is 369 g/mol. The van der Waals surface area contributed by atoms with E-state index in [-0.39, 0.29) is 11.4 Å². The molecule has 1 aromatic carbocycles. The van der Waals surface area contributed by atoms with Crippen molar-refractivity contribution in [3.05, 3.63) is 59.6 Å². The van der Waals surface area contributed by atoms with Gasteiger partial charge in [0.25, 0.3) is 5.91 Å². The minimum atomic E-state index is -4.47. The van der Waals surface area contributed by atoms with Crippen molar-refractivity contribution < 1.29 is 18.0 Å². The molecule has 2 N–H and O–H groups in total. The minimum absolute atomic E-state index is 0.0259. The monoisotopic (exact) mass is 390 g/mol. The third kappa shape index (κ3) is 5.55. The van der Waals surface area contributed by atoms with Crippen LogP contribution in [0.2, 0.25) is 0 Å². The Bertz CT molecular complexity index is 847. The molecule has 1 heterocycles. The van der Waals surface area contributed by atoms with Crippen LogP contribution in [0.5, 0.6) is 0 Å². The van der Waals surface area contributed by atoms with Gasteiger partial charge < -0.3 is 10.6 Å². The van der Waals surface area contributed by atoms with E-state index in [1.807, 2.05) is 0 Å². The number of carbonyl (C=O) groups is 1. The summed E-state index contributed by atoms with van der Waals surface area (Å²) in [6, 6.07) is 4.44. The van der Waals surface area contributed by atoms with E-state index in [1.54, 1.807) is 0 Å². The van der Waals surface area contributed by atoms with Crippen LogP contribution in [0, 0.1) is 0 Å². The fourth-order valence-electron chi connectivity index (χ4n) is 2.99. The van der Waals surface area contributed by atoms with Crippen molar-refractivity contribution >= 4 is 17.4 Å². The van der Waals surface area contributed by atoms with E-state index >= 15 is 0 Å². The predicted octanol–water partition coefficient (Wildman–Crippen LogP) is 5.05. The molecule has 0 aliphatic heterocycles. The topological polar surface area (TPSA) is 66.9 Å². The van der Waals surface area contributed by atoms with Gasteiger partial charge in [-0.1, -0.05) is 17.7 Å². The molecule has 8 heteroatoms.